The van der Waals surface area contributed by atoms with Crippen LogP contribution in [0.25, 0.3) is 10.9 Å². The van der Waals surface area contributed by atoms with Gasteiger partial charge in [-0.1, -0.05) is 6.07 Å². The predicted octanol–water partition coefficient (Wildman–Crippen LogP) is 2.99. The fraction of sp³-hybridized carbons (Fsp3) is 0.250. The lowest BCUT2D eigenvalue weighted by atomic mass is 10.1. The Kier molecular flexibility index (Phi) is 3.15. The summed E-state index contributed by atoms with van der Waals surface area (Å²) in [5.74, 6) is 0.600. The Hall–Kier alpha value is -1.48. The van der Waals surface area contributed by atoms with Crippen molar-refractivity contribution in [3.63, 3.8) is 0 Å². The van der Waals surface area contributed by atoms with Gasteiger partial charge in [0, 0.05) is 17.3 Å². The summed E-state index contributed by atoms with van der Waals surface area (Å²) in [4.78, 5) is 14.7. The fourth-order valence-corrected chi connectivity index (χ4v) is 1.86. The summed E-state index contributed by atoms with van der Waals surface area (Å²) in [6, 6.07) is 5.65. The number of rotatable bonds is 4. The van der Waals surface area contributed by atoms with Crippen molar-refractivity contribution >= 4 is 28.3 Å². The molecule has 0 aliphatic rings. The highest BCUT2D eigenvalue weighted by Gasteiger charge is 2.14. The number of carbonyl (C=O) groups excluding carboxylic acids is 1. The van der Waals surface area contributed by atoms with Crippen LogP contribution in [-0.2, 0) is 0 Å². The van der Waals surface area contributed by atoms with Gasteiger partial charge in [0.05, 0.1) is 17.9 Å². The van der Waals surface area contributed by atoms with E-state index in [1.807, 2.05) is 25.1 Å². The zero-order chi connectivity index (χ0) is 11.5. The summed E-state index contributed by atoms with van der Waals surface area (Å²) >= 11 is 5.57. The van der Waals surface area contributed by atoms with Gasteiger partial charge < -0.3 is 9.72 Å². The third-order valence-corrected chi connectivity index (χ3v) is 2.63. The zero-order valence-corrected chi connectivity index (χ0v) is 9.67. The molecule has 0 amide bonds. The molecule has 0 saturated carbocycles. The third kappa shape index (κ3) is 1.78. The first-order valence-corrected chi connectivity index (χ1v) is 5.63. The largest absolute Gasteiger partial charge is 0.493 e. The van der Waals surface area contributed by atoms with Crippen molar-refractivity contribution in [2.75, 3.05) is 12.5 Å². The Morgan fingerprint density at radius 3 is 3.00 bits per heavy atom. The van der Waals surface area contributed by atoms with E-state index in [1.54, 1.807) is 6.20 Å². The van der Waals surface area contributed by atoms with Crippen molar-refractivity contribution in [2.24, 2.45) is 0 Å². The molecule has 0 saturated heterocycles. The first-order valence-electron chi connectivity index (χ1n) is 5.10. The zero-order valence-electron chi connectivity index (χ0n) is 8.92. The number of alkyl halides is 1. The van der Waals surface area contributed by atoms with Crippen LogP contribution in [-0.4, -0.2) is 23.3 Å². The first-order chi connectivity index (χ1) is 7.77. The first kappa shape index (κ1) is 11.0. The summed E-state index contributed by atoms with van der Waals surface area (Å²) in [6.45, 7) is 2.48. The lowest BCUT2D eigenvalue weighted by molar-refractivity contribution is 0.102. The molecule has 2 aromatic rings. The Labute approximate surface area is 98.4 Å². The van der Waals surface area contributed by atoms with E-state index in [1.165, 1.54) is 0 Å². The number of H-pyrrole nitrogens is 1. The highest BCUT2D eigenvalue weighted by molar-refractivity contribution is 6.32. The minimum absolute atomic E-state index is 0.0204. The number of aromatic nitrogens is 1. The van der Waals surface area contributed by atoms with Gasteiger partial charge in [-0.2, -0.15) is 0 Å². The molecule has 0 unspecified atom stereocenters. The van der Waals surface area contributed by atoms with Gasteiger partial charge in [0.1, 0.15) is 5.75 Å². The molecule has 0 spiro atoms. The van der Waals surface area contributed by atoms with Crippen molar-refractivity contribution in [3.05, 3.63) is 30.0 Å². The molecule has 0 aliphatic carbocycles. The van der Waals surface area contributed by atoms with Crippen molar-refractivity contribution in [3.8, 4) is 5.75 Å². The van der Waals surface area contributed by atoms with Crippen LogP contribution in [0.2, 0.25) is 0 Å². The third-order valence-electron chi connectivity index (χ3n) is 2.39. The average Bonchev–Trinajstić information content (AvgIpc) is 2.73. The molecular formula is C12H12ClNO2. The van der Waals surface area contributed by atoms with E-state index in [4.69, 9.17) is 16.3 Å². The number of aromatic amines is 1. The lowest BCUT2D eigenvalue weighted by Gasteiger charge is -2.05. The topological polar surface area (TPSA) is 42.1 Å². The van der Waals surface area contributed by atoms with E-state index in [0.717, 1.165) is 16.7 Å². The Balaban J connectivity index is 2.62. The molecular weight excluding hydrogens is 226 g/mol. The minimum atomic E-state index is -0.0972. The second-order valence-corrected chi connectivity index (χ2v) is 3.64. The highest BCUT2D eigenvalue weighted by atomic mass is 35.5. The van der Waals surface area contributed by atoms with Crippen molar-refractivity contribution in [2.45, 2.75) is 6.92 Å². The maximum atomic E-state index is 11.6. The smallest absolute Gasteiger partial charge is 0.179 e. The second kappa shape index (κ2) is 4.58. The number of nitrogens with one attached hydrogen (secondary N) is 1. The van der Waals surface area contributed by atoms with Crippen LogP contribution in [0.3, 0.4) is 0 Å². The molecule has 0 radical (unpaired) electrons. The number of ether oxygens (including phenoxy) is 1. The van der Waals surface area contributed by atoms with Crippen LogP contribution < -0.4 is 4.74 Å². The molecule has 0 bridgehead atoms. The Bertz CT molecular complexity index is 519. The van der Waals surface area contributed by atoms with E-state index in [0.29, 0.717) is 12.2 Å². The van der Waals surface area contributed by atoms with Gasteiger partial charge >= 0.3 is 0 Å². The maximum absolute atomic E-state index is 11.6. The van der Waals surface area contributed by atoms with E-state index < -0.39 is 0 Å². The second-order valence-electron chi connectivity index (χ2n) is 3.37. The van der Waals surface area contributed by atoms with Gasteiger partial charge in [-0.25, -0.2) is 0 Å². The number of fused-ring (bicyclic) bond motifs is 1. The average molecular weight is 238 g/mol. The predicted molar refractivity (Wildman–Crippen MR) is 64.5 cm³/mol. The van der Waals surface area contributed by atoms with Crippen molar-refractivity contribution in [1.82, 2.24) is 4.98 Å². The van der Waals surface area contributed by atoms with E-state index in [9.17, 15) is 4.79 Å². The molecule has 1 aromatic heterocycles. The highest BCUT2D eigenvalue weighted by Crippen LogP contribution is 2.29. The van der Waals surface area contributed by atoms with E-state index >= 15 is 0 Å². The van der Waals surface area contributed by atoms with Crippen LogP contribution in [0.4, 0.5) is 0 Å². The number of benzene rings is 1. The molecule has 0 fully saturated rings. The number of Topliss-reactive ketones (excluding diaryl/α,β-unsaturated/α-hetero) is 1. The normalized spacial score (nSPS) is 10.6. The van der Waals surface area contributed by atoms with Gasteiger partial charge in [0.25, 0.3) is 0 Å². The van der Waals surface area contributed by atoms with E-state index in [2.05, 4.69) is 4.98 Å². The number of halogens is 1. The monoisotopic (exact) mass is 237 g/mol. The van der Waals surface area contributed by atoms with Crippen LogP contribution in [0.5, 0.6) is 5.75 Å². The van der Waals surface area contributed by atoms with Crippen LogP contribution in [0.15, 0.2) is 24.4 Å². The number of hydrogen-bond donors (Lipinski definition) is 1. The van der Waals surface area contributed by atoms with E-state index in [-0.39, 0.29) is 11.7 Å². The molecule has 16 heavy (non-hydrogen) atoms. The number of hydrogen-bond acceptors (Lipinski definition) is 2. The Morgan fingerprint density at radius 1 is 1.50 bits per heavy atom. The molecule has 1 heterocycles. The van der Waals surface area contributed by atoms with Gasteiger partial charge in [-0.3, -0.25) is 4.79 Å². The Morgan fingerprint density at radius 2 is 2.31 bits per heavy atom. The molecule has 4 heteroatoms. The molecule has 0 aliphatic heterocycles. The maximum Gasteiger partial charge on any atom is 0.179 e. The quantitative estimate of drug-likeness (QED) is 0.656. The lowest BCUT2D eigenvalue weighted by Crippen LogP contribution is -2.00. The van der Waals surface area contributed by atoms with Crippen LogP contribution in [0.1, 0.15) is 17.3 Å². The molecule has 3 nitrogen and oxygen atoms in total. The fourth-order valence-electron chi connectivity index (χ4n) is 1.72. The number of carbonyl (C=O) groups is 1. The van der Waals surface area contributed by atoms with Crippen molar-refractivity contribution in [1.29, 1.82) is 0 Å². The van der Waals surface area contributed by atoms with Gasteiger partial charge in [0.15, 0.2) is 5.78 Å². The van der Waals surface area contributed by atoms with Gasteiger partial charge in [0.2, 0.25) is 0 Å². The SMILES string of the molecule is CCOc1cccc2[nH]cc(C(=O)CCl)c12. The minimum Gasteiger partial charge on any atom is -0.493 e. The molecule has 1 N–H and O–H groups in total. The van der Waals surface area contributed by atoms with Gasteiger partial charge in [-0.05, 0) is 19.1 Å². The summed E-state index contributed by atoms with van der Waals surface area (Å²) < 4.78 is 5.50. The molecule has 0 atom stereocenters. The van der Waals surface area contributed by atoms with Crippen LogP contribution >= 0.6 is 11.6 Å². The molecule has 84 valence electrons. The summed E-state index contributed by atoms with van der Waals surface area (Å²) in [5, 5.41) is 0.815. The summed E-state index contributed by atoms with van der Waals surface area (Å²) in [7, 11) is 0. The summed E-state index contributed by atoms with van der Waals surface area (Å²) in [5.41, 5.74) is 1.48. The number of ketones is 1. The molecule has 2 rings (SSSR count). The standard InChI is InChI=1S/C12H12ClNO2/c1-2-16-11-5-3-4-9-12(11)8(7-14-9)10(15)6-13/h3-5,7,14H,2,6H2,1H3. The molecule has 1 aromatic carbocycles. The van der Waals surface area contributed by atoms with Crippen molar-refractivity contribution < 1.29 is 9.53 Å². The summed E-state index contributed by atoms with van der Waals surface area (Å²) in [6.07, 6.45) is 1.68. The van der Waals surface area contributed by atoms with Crippen LogP contribution in [0, 0.1) is 0 Å². The van der Waals surface area contributed by atoms with Gasteiger partial charge in [-0.15, -0.1) is 11.6 Å².